The van der Waals surface area contributed by atoms with Gasteiger partial charge < -0.3 is 15.2 Å². The van der Waals surface area contributed by atoms with E-state index in [4.69, 9.17) is 10.5 Å². The molecule has 0 bridgehead atoms. The van der Waals surface area contributed by atoms with E-state index in [0.29, 0.717) is 23.8 Å². The molecule has 0 amide bonds. The Kier molecular flexibility index (Phi) is 4.01. The first-order chi connectivity index (χ1) is 8.56. The van der Waals surface area contributed by atoms with Crippen molar-refractivity contribution in [2.24, 2.45) is 11.7 Å². The van der Waals surface area contributed by atoms with E-state index in [0.717, 1.165) is 12.8 Å². The van der Waals surface area contributed by atoms with E-state index >= 15 is 0 Å². The third-order valence-corrected chi connectivity index (χ3v) is 2.79. The quantitative estimate of drug-likeness (QED) is 0.851. The molecule has 0 saturated heterocycles. The third-order valence-electron chi connectivity index (χ3n) is 2.79. The summed E-state index contributed by atoms with van der Waals surface area (Å²) >= 11 is 0. The number of halogens is 2. The normalized spacial score (nSPS) is 16.7. The summed E-state index contributed by atoms with van der Waals surface area (Å²) in [7, 11) is 0. The van der Waals surface area contributed by atoms with E-state index < -0.39 is 12.7 Å². The van der Waals surface area contributed by atoms with Gasteiger partial charge in [-0.05, 0) is 31.7 Å². The Labute approximate surface area is 105 Å². The fraction of sp³-hybridized carbons (Fsp3) is 0.538. The Balaban J connectivity index is 2.11. The van der Waals surface area contributed by atoms with E-state index in [1.54, 1.807) is 13.0 Å². The van der Waals surface area contributed by atoms with Crippen molar-refractivity contribution >= 4 is 0 Å². The van der Waals surface area contributed by atoms with Crippen LogP contribution in [-0.2, 0) is 0 Å². The van der Waals surface area contributed by atoms with Crippen molar-refractivity contribution in [2.75, 3.05) is 6.61 Å². The maximum Gasteiger partial charge on any atom is 0.387 e. The first-order valence-electron chi connectivity index (χ1n) is 5.95. The molecule has 1 radical (unpaired) electrons. The Morgan fingerprint density at radius 1 is 1.50 bits per heavy atom. The Morgan fingerprint density at radius 3 is 2.78 bits per heavy atom. The third kappa shape index (κ3) is 3.57. The summed E-state index contributed by atoms with van der Waals surface area (Å²) in [6.07, 6.45) is 2.33. The molecule has 0 aromatic heterocycles. The second-order valence-corrected chi connectivity index (χ2v) is 4.54. The first kappa shape index (κ1) is 13.1. The Bertz CT molecular complexity index is 406. The minimum absolute atomic E-state index is 0.0598. The van der Waals surface area contributed by atoms with Gasteiger partial charge in [0, 0.05) is 23.7 Å². The fourth-order valence-corrected chi connectivity index (χ4v) is 1.59. The number of rotatable bonds is 6. The number of hydrogen-bond acceptors (Lipinski definition) is 3. The van der Waals surface area contributed by atoms with Crippen molar-refractivity contribution in [3.63, 3.8) is 0 Å². The predicted octanol–water partition coefficient (Wildman–Crippen LogP) is 2.90. The summed E-state index contributed by atoms with van der Waals surface area (Å²) in [6, 6.07) is 5.46. The average molecular weight is 256 g/mol. The molecule has 99 valence electrons. The summed E-state index contributed by atoms with van der Waals surface area (Å²) in [5.74, 6) is 1.07. The highest BCUT2D eigenvalue weighted by molar-refractivity contribution is 5.41. The number of nitrogens with two attached hydrogens (primary N) is 1. The molecule has 2 N–H and O–H groups in total. The number of alkyl halides is 2. The van der Waals surface area contributed by atoms with Gasteiger partial charge in [-0.25, -0.2) is 0 Å². The van der Waals surface area contributed by atoms with Crippen LogP contribution in [0.25, 0.3) is 0 Å². The van der Waals surface area contributed by atoms with Crippen molar-refractivity contribution in [1.29, 1.82) is 0 Å². The minimum Gasteiger partial charge on any atom is -0.493 e. The van der Waals surface area contributed by atoms with Gasteiger partial charge in [0.05, 0.1) is 6.61 Å². The molecule has 18 heavy (non-hydrogen) atoms. The van der Waals surface area contributed by atoms with Crippen LogP contribution in [0.5, 0.6) is 11.5 Å². The van der Waals surface area contributed by atoms with Crippen molar-refractivity contribution in [2.45, 2.75) is 32.4 Å². The smallest absolute Gasteiger partial charge is 0.387 e. The molecule has 1 fully saturated rings. The maximum atomic E-state index is 12.3. The van der Waals surface area contributed by atoms with Gasteiger partial charge in [-0.2, -0.15) is 8.78 Å². The summed E-state index contributed by atoms with van der Waals surface area (Å²) in [4.78, 5) is 0. The molecule has 1 aliphatic rings. The predicted molar refractivity (Wildman–Crippen MR) is 62.7 cm³/mol. The maximum absolute atomic E-state index is 12.3. The second kappa shape index (κ2) is 5.52. The van der Waals surface area contributed by atoms with Gasteiger partial charge in [0.2, 0.25) is 0 Å². The highest BCUT2D eigenvalue weighted by Gasteiger charge is 2.22. The minimum atomic E-state index is -2.87. The number of ether oxygens (including phenoxy) is 2. The average Bonchev–Trinajstić information content (AvgIpc) is 3.09. The Morgan fingerprint density at radius 2 is 2.22 bits per heavy atom. The van der Waals surface area contributed by atoms with Crippen molar-refractivity contribution in [1.82, 2.24) is 0 Å². The van der Waals surface area contributed by atoms with Gasteiger partial charge in [-0.15, -0.1) is 0 Å². The van der Waals surface area contributed by atoms with Crippen molar-refractivity contribution in [3.8, 4) is 11.5 Å². The zero-order valence-corrected chi connectivity index (χ0v) is 10.2. The molecule has 3 nitrogen and oxygen atoms in total. The molecule has 2 rings (SSSR count). The summed E-state index contributed by atoms with van der Waals surface area (Å²) < 4.78 is 34.5. The lowest BCUT2D eigenvalue weighted by molar-refractivity contribution is -0.0506. The van der Waals surface area contributed by atoms with Crippen molar-refractivity contribution in [3.05, 3.63) is 23.8 Å². The molecule has 1 aliphatic carbocycles. The molecule has 0 heterocycles. The first-order valence-corrected chi connectivity index (χ1v) is 5.95. The summed E-state index contributed by atoms with van der Waals surface area (Å²) in [5.41, 5.74) is 6.18. The molecule has 1 aromatic carbocycles. The van der Waals surface area contributed by atoms with Crippen LogP contribution in [0.4, 0.5) is 8.78 Å². The van der Waals surface area contributed by atoms with Crippen LogP contribution >= 0.6 is 0 Å². The second-order valence-electron chi connectivity index (χ2n) is 4.54. The van der Waals surface area contributed by atoms with Crippen LogP contribution in [-0.4, -0.2) is 13.2 Å². The lowest BCUT2D eigenvalue weighted by Crippen LogP contribution is -2.11. The zero-order valence-electron chi connectivity index (χ0n) is 10.2. The summed E-state index contributed by atoms with van der Waals surface area (Å²) in [5, 5.41) is 0. The fourth-order valence-electron chi connectivity index (χ4n) is 1.59. The molecule has 1 aromatic rings. The van der Waals surface area contributed by atoms with Gasteiger partial charge in [0.15, 0.2) is 0 Å². The molecule has 0 unspecified atom stereocenters. The monoisotopic (exact) mass is 256 g/mol. The standard InChI is InChI=1S/C13H16F2NO2/c1-8(16)11-5-4-10(17-7-9-2-3-9)6-12(11)18-13(14)15/h5-6,8-9,13H,2-3,7,16H2,1H3/t8-/m0/s1. The van der Waals surface area contributed by atoms with E-state index in [1.165, 1.54) is 6.07 Å². The van der Waals surface area contributed by atoms with Gasteiger partial charge in [0.1, 0.15) is 11.5 Å². The molecule has 0 spiro atoms. The van der Waals surface area contributed by atoms with Gasteiger partial charge in [-0.1, -0.05) is 0 Å². The van der Waals surface area contributed by atoms with E-state index in [1.807, 2.05) is 0 Å². The van der Waals surface area contributed by atoms with Crippen LogP contribution in [0.1, 0.15) is 31.4 Å². The lowest BCUT2D eigenvalue weighted by Gasteiger charge is -2.15. The van der Waals surface area contributed by atoms with Gasteiger partial charge in [-0.3, -0.25) is 0 Å². The zero-order chi connectivity index (χ0) is 13.1. The van der Waals surface area contributed by atoms with Gasteiger partial charge in [0.25, 0.3) is 0 Å². The topological polar surface area (TPSA) is 44.5 Å². The lowest BCUT2D eigenvalue weighted by atomic mass is 10.1. The Hall–Kier alpha value is -1.36. The van der Waals surface area contributed by atoms with E-state index in [2.05, 4.69) is 10.8 Å². The van der Waals surface area contributed by atoms with Crippen LogP contribution in [0.15, 0.2) is 12.1 Å². The van der Waals surface area contributed by atoms with Crippen LogP contribution < -0.4 is 15.2 Å². The molecule has 5 heteroatoms. The molecular formula is C13H16F2NO2. The van der Waals surface area contributed by atoms with E-state index in [9.17, 15) is 8.78 Å². The largest absolute Gasteiger partial charge is 0.493 e. The highest BCUT2D eigenvalue weighted by Crippen LogP contribution is 2.32. The molecule has 0 aliphatic heterocycles. The van der Waals surface area contributed by atoms with Crippen LogP contribution in [0, 0.1) is 12.0 Å². The molecular weight excluding hydrogens is 240 g/mol. The van der Waals surface area contributed by atoms with E-state index in [-0.39, 0.29) is 5.75 Å². The van der Waals surface area contributed by atoms with Crippen LogP contribution in [0.3, 0.4) is 0 Å². The summed E-state index contributed by atoms with van der Waals surface area (Å²) in [6.45, 7) is -0.574. The number of hydrogen-bond donors (Lipinski definition) is 1. The highest BCUT2D eigenvalue weighted by atomic mass is 19.3. The van der Waals surface area contributed by atoms with Crippen LogP contribution in [0.2, 0.25) is 0 Å². The molecule has 1 atom stereocenters. The van der Waals surface area contributed by atoms with Crippen molar-refractivity contribution < 1.29 is 18.3 Å². The van der Waals surface area contributed by atoms with Gasteiger partial charge >= 0.3 is 6.61 Å². The number of benzene rings is 1. The SMILES string of the molecule is C[C@H](N)c1c[c]c(OCC2CC2)cc1OC(F)F. The molecule has 1 saturated carbocycles.